The van der Waals surface area contributed by atoms with E-state index in [1.54, 1.807) is 17.4 Å². The summed E-state index contributed by atoms with van der Waals surface area (Å²) in [5.74, 6) is 1.44. The molecular formula is C13H15N3O2S. The summed E-state index contributed by atoms with van der Waals surface area (Å²) >= 11 is 1.64. The quantitative estimate of drug-likeness (QED) is 0.843. The Morgan fingerprint density at radius 3 is 2.74 bits per heavy atom. The van der Waals surface area contributed by atoms with E-state index in [9.17, 15) is 0 Å². The van der Waals surface area contributed by atoms with Crippen molar-refractivity contribution in [2.45, 2.75) is 13.5 Å². The SMILES string of the molecule is Cc1nc(CNc2cc3c(cc2N)OCCO3)cs1. The van der Waals surface area contributed by atoms with Crippen LogP contribution in [0.15, 0.2) is 17.5 Å². The summed E-state index contributed by atoms with van der Waals surface area (Å²) in [6, 6.07) is 3.67. The van der Waals surface area contributed by atoms with Gasteiger partial charge in [-0.25, -0.2) is 4.98 Å². The van der Waals surface area contributed by atoms with E-state index in [-0.39, 0.29) is 0 Å². The van der Waals surface area contributed by atoms with E-state index in [2.05, 4.69) is 10.3 Å². The summed E-state index contributed by atoms with van der Waals surface area (Å²) in [6.45, 7) is 3.78. The fourth-order valence-corrected chi connectivity index (χ4v) is 2.55. The van der Waals surface area contributed by atoms with E-state index in [0.717, 1.165) is 22.1 Å². The molecule has 0 unspecified atom stereocenters. The van der Waals surface area contributed by atoms with Gasteiger partial charge in [-0.15, -0.1) is 11.3 Å². The Bertz CT molecular complexity index is 598. The molecule has 1 aromatic carbocycles. The zero-order chi connectivity index (χ0) is 13.2. The van der Waals surface area contributed by atoms with Crippen molar-refractivity contribution in [2.24, 2.45) is 0 Å². The number of anilines is 2. The fraction of sp³-hybridized carbons (Fsp3) is 0.308. The molecule has 0 atom stereocenters. The molecule has 2 heterocycles. The third kappa shape index (κ3) is 2.58. The maximum Gasteiger partial charge on any atom is 0.163 e. The first-order valence-electron chi connectivity index (χ1n) is 6.06. The van der Waals surface area contributed by atoms with Crippen LogP contribution in [-0.4, -0.2) is 18.2 Å². The molecule has 1 aliphatic heterocycles. The second kappa shape index (κ2) is 4.97. The standard InChI is InChI=1S/C13H15N3O2S/c1-8-16-9(7-19-8)6-15-11-5-13-12(4-10(11)14)17-2-3-18-13/h4-5,7,15H,2-3,6,14H2,1H3. The monoisotopic (exact) mass is 277 g/mol. The molecule has 0 radical (unpaired) electrons. The van der Waals surface area contributed by atoms with Crippen LogP contribution < -0.4 is 20.5 Å². The highest BCUT2D eigenvalue weighted by atomic mass is 32.1. The minimum absolute atomic E-state index is 0.567. The van der Waals surface area contributed by atoms with E-state index in [0.29, 0.717) is 31.2 Å². The first kappa shape index (κ1) is 12.1. The van der Waals surface area contributed by atoms with E-state index in [4.69, 9.17) is 15.2 Å². The number of hydrogen-bond donors (Lipinski definition) is 2. The number of thiazole rings is 1. The number of benzene rings is 1. The molecule has 3 N–H and O–H groups in total. The molecule has 2 aromatic rings. The Balaban J connectivity index is 1.77. The minimum Gasteiger partial charge on any atom is -0.486 e. The van der Waals surface area contributed by atoms with E-state index in [1.807, 2.05) is 18.4 Å². The van der Waals surface area contributed by atoms with Gasteiger partial charge in [0, 0.05) is 17.5 Å². The average molecular weight is 277 g/mol. The third-order valence-corrected chi connectivity index (χ3v) is 3.66. The zero-order valence-electron chi connectivity index (χ0n) is 10.6. The smallest absolute Gasteiger partial charge is 0.163 e. The van der Waals surface area contributed by atoms with Crippen LogP contribution in [0.4, 0.5) is 11.4 Å². The van der Waals surface area contributed by atoms with Gasteiger partial charge in [0.2, 0.25) is 0 Å². The lowest BCUT2D eigenvalue weighted by molar-refractivity contribution is 0.172. The zero-order valence-corrected chi connectivity index (χ0v) is 11.4. The summed E-state index contributed by atoms with van der Waals surface area (Å²) in [5, 5.41) is 6.38. The number of fused-ring (bicyclic) bond motifs is 1. The van der Waals surface area contributed by atoms with Gasteiger partial charge in [0.15, 0.2) is 11.5 Å². The maximum absolute atomic E-state index is 6.00. The molecule has 100 valence electrons. The average Bonchev–Trinajstić information content (AvgIpc) is 2.82. The molecule has 19 heavy (non-hydrogen) atoms. The molecule has 0 bridgehead atoms. The Morgan fingerprint density at radius 2 is 2.05 bits per heavy atom. The number of ether oxygens (including phenoxy) is 2. The van der Waals surface area contributed by atoms with Crippen LogP contribution in [0.3, 0.4) is 0 Å². The molecule has 3 rings (SSSR count). The first-order valence-corrected chi connectivity index (χ1v) is 6.94. The van der Waals surface area contributed by atoms with E-state index < -0.39 is 0 Å². The largest absolute Gasteiger partial charge is 0.486 e. The molecule has 0 saturated heterocycles. The summed E-state index contributed by atoms with van der Waals surface area (Å²) in [6.07, 6.45) is 0. The van der Waals surface area contributed by atoms with Crippen LogP contribution in [0.1, 0.15) is 10.7 Å². The predicted octanol–water partition coefficient (Wildman–Crippen LogP) is 2.42. The highest BCUT2D eigenvalue weighted by Crippen LogP contribution is 2.37. The Kier molecular flexibility index (Phi) is 3.16. The van der Waals surface area contributed by atoms with Gasteiger partial charge in [-0.3, -0.25) is 0 Å². The topological polar surface area (TPSA) is 69.4 Å². The van der Waals surface area contributed by atoms with Gasteiger partial charge in [0.25, 0.3) is 0 Å². The summed E-state index contributed by atoms with van der Waals surface area (Å²) in [7, 11) is 0. The van der Waals surface area contributed by atoms with Crippen LogP contribution in [-0.2, 0) is 6.54 Å². The number of aromatic nitrogens is 1. The van der Waals surface area contributed by atoms with Crippen molar-refractivity contribution in [1.82, 2.24) is 4.98 Å². The molecule has 0 spiro atoms. The van der Waals surface area contributed by atoms with Gasteiger partial charge in [-0.1, -0.05) is 0 Å². The summed E-state index contributed by atoms with van der Waals surface area (Å²) in [4.78, 5) is 4.40. The van der Waals surface area contributed by atoms with Gasteiger partial charge < -0.3 is 20.5 Å². The van der Waals surface area contributed by atoms with Crippen LogP contribution in [0, 0.1) is 6.92 Å². The second-order valence-corrected chi connectivity index (χ2v) is 5.36. The molecule has 1 aliphatic rings. The number of nitrogen functional groups attached to an aromatic ring is 1. The number of hydrogen-bond acceptors (Lipinski definition) is 6. The number of rotatable bonds is 3. The van der Waals surface area contributed by atoms with Gasteiger partial charge >= 0.3 is 0 Å². The fourth-order valence-electron chi connectivity index (χ4n) is 1.93. The normalized spacial score (nSPS) is 13.3. The van der Waals surface area contributed by atoms with E-state index >= 15 is 0 Å². The van der Waals surface area contributed by atoms with Crippen molar-refractivity contribution in [3.05, 3.63) is 28.2 Å². The lowest BCUT2D eigenvalue weighted by Crippen LogP contribution is -2.16. The van der Waals surface area contributed by atoms with Crippen LogP contribution in [0.5, 0.6) is 11.5 Å². The van der Waals surface area contributed by atoms with Crippen molar-refractivity contribution in [2.75, 3.05) is 24.3 Å². The lowest BCUT2D eigenvalue weighted by Gasteiger charge is -2.20. The molecule has 0 amide bonds. The Morgan fingerprint density at radius 1 is 1.32 bits per heavy atom. The van der Waals surface area contributed by atoms with Crippen molar-refractivity contribution < 1.29 is 9.47 Å². The van der Waals surface area contributed by atoms with Crippen LogP contribution in [0.25, 0.3) is 0 Å². The number of aryl methyl sites for hydroxylation is 1. The Labute approximate surface area is 115 Å². The van der Waals surface area contributed by atoms with Crippen molar-refractivity contribution >= 4 is 22.7 Å². The summed E-state index contributed by atoms with van der Waals surface area (Å²) < 4.78 is 11.0. The summed E-state index contributed by atoms with van der Waals surface area (Å²) in [5.41, 5.74) is 8.50. The lowest BCUT2D eigenvalue weighted by atomic mass is 10.2. The molecule has 1 aromatic heterocycles. The van der Waals surface area contributed by atoms with E-state index in [1.165, 1.54) is 0 Å². The van der Waals surface area contributed by atoms with Crippen molar-refractivity contribution in [3.63, 3.8) is 0 Å². The van der Waals surface area contributed by atoms with Gasteiger partial charge in [0.1, 0.15) is 13.2 Å². The maximum atomic E-state index is 6.00. The van der Waals surface area contributed by atoms with Gasteiger partial charge in [-0.05, 0) is 6.92 Å². The highest BCUT2D eigenvalue weighted by molar-refractivity contribution is 7.09. The number of nitrogens with zero attached hydrogens (tertiary/aromatic N) is 1. The van der Waals surface area contributed by atoms with Crippen molar-refractivity contribution in [1.29, 1.82) is 0 Å². The Hall–Kier alpha value is -1.95. The van der Waals surface area contributed by atoms with Crippen LogP contribution in [0.2, 0.25) is 0 Å². The molecule has 0 fully saturated rings. The van der Waals surface area contributed by atoms with Gasteiger partial charge in [0.05, 0.1) is 28.6 Å². The predicted molar refractivity (Wildman–Crippen MR) is 76.0 cm³/mol. The molecule has 0 aliphatic carbocycles. The third-order valence-electron chi connectivity index (χ3n) is 2.84. The molecular weight excluding hydrogens is 262 g/mol. The van der Waals surface area contributed by atoms with Gasteiger partial charge in [-0.2, -0.15) is 0 Å². The second-order valence-electron chi connectivity index (χ2n) is 4.29. The minimum atomic E-state index is 0.567. The highest BCUT2D eigenvalue weighted by Gasteiger charge is 2.14. The van der Waals surface area contributed by atoms with Crippen LogP contribution >= 0.6 is 11.3 Å². The molecule has 0 saturated carbocycles. The number of nitrogens with one attached hydrogen (secondary N) is 1. The van der Waals surface area contributed by atoms with Crippen molar-refractivity contribution in [3.8, 4) is 11.5 Å². The molecule has 5 nitrogen and oxygen atoms in total. The number of nitrogens with two attached hydrogens (primary N) is 1. The molecule has 6 heteroatoms. The first-order chi connectivity index (χ1) is 9.22.